The molecule has 0 spiro atoms. The van der Waals surface area contributed by atoms with Gasteiger partial charge in [0.1, 0.15) is 0 Å². The van der Waals surface area contributed by atoms with Crippen LogP contribution in [0.3, 0.4) is 0 Å². The fraction of sp³-hybridized carbons (Fsp3) is 0.812. The van der Waals surface area contributed by atoms with Crippen LogP contribution < -0.4 is 5.32 Å². The zero-order chi connectivity index (χ0) is 17.1. The number of carboxylic acids is 1. The second-order valence-electron chi connectivity index (χ2n) is 6.26. The van der Waals surface area contributed by atoms with Gasteiger partial charge in [-0.05, 0) is 45.2 Å². The van der Waals surface area contributed by atoms with Crippen molar-refractivity contribution in [2.75, 3.05) is 19.6 Å². The largest absolute Gasteiger partial charge is 0.483 e. The summed E-state index contributed by atoms with van der Waals surface area (Å²) in [5.74, 6) is -0.834. The number of carbonyl (C=O) groups excluding carboxylic acids is 1. The quantitative estimate of drug-likeness (QED) is 0.611. The topological polar surface area (TPSA) is 107 Å². The summed E-state index contributed by atoms with van der Waals surface area (Å²) in [6, 6.07) is 0. The Labute approximate surface area is 137 Å². The molecule has 0 radical (unpaired) electrons. The van der Waals surface area contributed by atoms with Gasteiger partial charge in [0.05, 0.1) is 0 Å². The van der Waals surface area contributed by atoms with Crippen molar-refractivity contribution < 1.29 is 24.6 Å². The molecule has 0 bridgehead atoms. The number of hydrogen-bond donors (Lipinski definition) is 3. The molecule has 0 aromatic rings. The van der Waals surface area contributed by atoms with Gasteiger partial charge in [0.25, 0.3) is 6.47 Å². The molecule has 2 aliphatic rings. The SMILES string of the molecule is O=C(O)CCCC(=O)NCC1(N2CCCC2)CCCC1.O=CO. The lowest BCUT2D eigenvalue weighted by molar-refractivity contribution is -0.137. The predicted octanol–water partition coefficient (Wildman–Crippen LogP) is 1.47. The van der Waals surface area contributed by atoms with Crippen molar-refractivity contribution in [3.8, 4) is 0 Å². The number of hydrogen-bond acceptors (Lipinski definition) is 4. The first-order valence-electron chi connectivity index (χ1n) is 8.35. The number of rotatable bonds is 7. The second-order valence-corrected chi connectivity index (χ2v) is 6.26. The monoisotopic (exact) mass is 328 g/mol. The minimum Gasteiger partial charge on any atom is -0.483 e. The predicted molar refractivity (Wildman–Crippen MR) is 85.2 cm³/mol. The molecule has 7 heteroatoms. The van der Waals surface area contributed by atoms with Crippen LogP contribution >= 0.6 is 0 Å². The van der Waals surface area contributed by atoms with Crippen LogP contribution in [0.5, 0.6) is 0 Å². The smallest absolute Gasteiger partial charge is 0.303 e. The molecule has 1 heterocycles. The van der Waals surface area contributed by atoms with E-state index in [-0.39, 0.29) is 24.3 Å². The lowest BCUT2D eigenvalue weighted by Gasteiger charge is -2.39. The molecule has 1 saturated heterocycles. The van der Waals surface area contributed by atoms with E-state index in [0.717, 1.165) is 19.6 Å². The van der Waals surface area contributed by atoms with Crippen LogP contribution in [0.15, 0.2) is 0 Å². The van der Waals surface area contributed by atoms with E-state index in [9.17, 15) is 9.59 Å². The highest BCUT2D eigenvalue weighted by Gasteiger charge is 2.40. The summed E-state index contributed by atoms with van der Waals surface area (Å²) in [5, 5.41) is 18.5. The number of carbonyl (C=O) groups is 3. The van der Waals surface area contributed by atoms with Gasteiger partial charge in [-0.3, -0.25) is 19.3 Å². The molecule has 23 heavy (non-hydrogen) atoms. The molecular weight excluding hydrogens is 300 g/mol. The summed E-state index contributed by atoms with van der Waals surface area (Å²) in [7, 11) is 0. The highest BCUT2D eigenvalue weighted by molar-refractivity contribution is 5.76. The fourth-order valence-corrected chi connectivity index (χ4v) is 3.58. The maximum absolute atomic E-state index is 11.8. The van der Waals surface area contributed by atoms with E-state index in [1.807, 2.05) is 0 Å². The third-order valence-corrected chi connectivity index (χ3v) is 4.72. The third kappa shape index (κ3) is 6.56. The van der Waals surface area contributed by atoms with E-state index in [1.165, 1.54) is 38.5 Å². The highest BCUT2D eigenvalue weighted by Crippen LogP contribution is 2.36. The minimum absolute atomic E-state index is 0.00304. The molecular formula is C16H28N2O5. The van der Waals surface area contributed by atoms with Crippen LogP contribution in [0.1, 0.15) is 57.8 Å². The fourth-order valence-electron chi connectivity index (χ4n) is 3.58. The molecule has 1 saturated carbocycles. The Morgan fingerprint density at radius 1 is 1.09 bits per heavy atom. The average molecular weight is 328 g/mol. The first-order chi connectivity index (χ1) is 11.0. The number of amides is 1. The van der Waals surface area contributed by atoms with E-state index >= 15 is 0 Å². The van der Waals surface area contributed by atoms with Gasteiger partial charge in [-0.25, -0.2) is 0 Å². The van der Waals surface area contributed by atoms with Gasteiger partial charge in [0.2, 0.25) is 5.91 Å². The first-order valence-corrected chi connectivity index (χ1v) is 8.35. The number of likely N-dealkylation sites (tertiary alicyclic amines) is 1. The van der Waals surface area contributed by atoms with E-state index in [4.69, 9.17) is 15.0 Å². The van der Waals surface area contributed by atoms with Crippen molar-refractivity contribution >= 4 is 18.3 Å². The van der Waals surface area contributed by atoms with Gasteiger partial charge in [0.15, 0.2) is 0 Å². The summed E-state index contributed by atoms with van der Waals surface area (Å²) in [6.07, 6.45) is 8.25. The van der Waals surface area contributed by atoms with E-state index < -0.39 is 5.97 Å². The van der Waals surface area contributed by atoms with E-state index in [2.05, 4.69) is 10.2 Å². The Bertz CT molecular complexity index is 388. The van der Waals surface area contributed by atoms with E-state index in [0.29, 0.717) is 12.8 Å². The molecule has 0 atom stereocenters. The summed E-state index contributed by atoms with van der Waals surface area (Å²) < 4.78 is 0. The van der Waals surface area contributed by atoms with Crippen molar-refractivity contribution in [3.63, 3.8) is 0 Å². The van der Waals surface area contributed by atoms with Crippen LogP contribution in [-0.4, -0.2) is 58.6 Å². The highest BCUT2D eigenvalue weighted by atomic mass is 16.4. The molecule has 3 N–H and O–H groups in total. The second kappa shape index (κ2) is 10.2. The number of nitrogens with one attached hydrogen (secondary N) is 1. The number of nitrogens with zero attached hydrogens (tertiary/aromatic N) is 1. The summed E-state index contributed by atoms with van der Waals surface area (Å²) in [5.41, 5.74) is 0.180. The van der Waals surface area contributed by atoms with Crippen LogP contribution in [0, 0.1) is 0 Å². The summed E-state index contributed by atoms with van der Waals surface area (Å²) in [6.45, 7) is 2.81. The Balaban J connectivity index is 0.000000816. The summed E-state index contributed by atoms with van der Waals surface area (Å²) in [4.78, 5) is 33.2. The molecule has 0 aromatic carbocycles. The third-order valence-electron chi connectivity index (χ3n) is 4.72. The molecule has 132 valence electrons. The summed E-state index contributed by atoms with van der Waals surface area (Å²) >= 11 is 0. The van der Waals surface area contributed by atoms with Crippen molar-refractivity contribution in [3.05, 3.63) is 0 Å². The number of aliphatic carboxylic acids is 1. The van der Waals surface area contributed by atoms with Crippen molar-refractivity contribution in [2.45, 2.75) is 63.3 Å². The van der Waals surface area contributed by atoms with Gasteiger partial charge in [-0.15, -0.1) is 0 Å². The van der Waals surface area contributed by atoms with Crippen LogP contribution in [0.4, 0.5) is 0 Å². The molecule has 0 unspecified atom stereocenters. The van der Waals surface area contributed by atoms with Crippen molar-refractivity contribution in [2.24, 2.45) is 0 Å². The van der Waals surface area contributed by atoms with E-state index in [1.54, 1.807) is 0 Å². The molecule has 0 aromatic heterocycles. The van der Waals surface area contributed by atoms with Gasteiger partial charge >= 0.3 is 5.97 Å². The van der Waals surface area contributed by atoms with Gasteiger partial charge in [-0.1, -0.05) is 12.8 Å². The van der Waals surface area contributed by atoms with Gasteiger partial charge in [-0.2, -0.15) is 0 Å². The average Bonchev–Trinajstić information content (AvgIpc) is 3.18. The first kappa shape index (κ1) is 19.4. The van der Waals surface area contributed by atoms with Crippen LogP contribution in [-0.2, 0) is 14.4 Å². The minimum atomic E-state index is -0.831. The van der Waals surface area contributed by atoms with Crippen molar-refractivity contribution in [1.29, 1.82) is 0 Å². The number of carboxylic acid groups (broad SMARTS) is 2. The lowest BCUT2D eigenvalue weighted by Crippen LogP contribution is -2.53. The Kier molecular flexibility index (Phi) is 8.61. The van der Waals surface area contributed by atoms with Crippen molar-refractivity contribution in [1.82, 2.24) is 10.2 Å². The molecule has 1 amide bonds. The molecule has 7 nitrogen and oxygen atoms in total. The lowest BCUT2D eigenvalue weighted by atomic mass is 9.95. The Hall–Kier alpha value is -1.63. The molecule has 1 aliphatic carbocycles. The van der Waals surface area contributed by atoms with Gasteiger partial charge in [0, 0.05) is 24.9 Å². The Morgan fingerprint density at radius 2 is 1.65 bits per heavy atom. The zero-order valence-electron chi connectivity index (χ0n) is 13.6. The molecule has 2 fully saturated rings. The van der Waals surface area contributed by atoms with Crippen LogP contribution in [0.25, 0.3) is 0 Å². The molecule has 1 aliphatic heterocycles. The van der Waals surface area contributed by atoms with Crippen LogP contribution in [0.2, 0.25) is 0 Å². The zero-order valence-corrected chi connectivity index (χ0v) is 13.6. The standard InChI is InChI=1S/C15H26N2O3.CH2O2/c18-13(6-5-7-14(19)20)16-12-15(8-1-2-9-15)17-10-3-4-11-17;2-1-3/h1-12H2,(H,16,18)(H,19,20);1H,(H,2,3). The molecule has 2 rings (SSSR count). The maximum Gasteiger partial charge on any atom is 0.303 e. The normalized spacial score (nSPS) is 19.7. The Morgan fingerprint density at radius 3 is 2.17 bits per heavy atom. The maximum atomic E-state index is 11.8. The van der Waals surface area contributed by atoms with Gasteiger partial charge < -0.3 is 15.5 Å².